The molecule has 1 fully saturated rings. The van der Waals surface area contributed by atoms with E-state index < -0.39 is 17.2 Å². The van der Waals surface area contributed by atoms with Crippen LogP contribution in [0.5, 0.6) is 0 Å². The summed E-state index contributed by atoms with van der Waals surface area (Å²) in [6.07, 6.45) is 4.97. The minimum atomic E-state index is -1.16. The van der Waals surface area contributed by atoms with Crippen molar-refractivity contribution in [1.29, 1.82) is 0 Å². The first-order valence-corrected chi connectivity index (χ1v) is 7.96. The Hall–Kier alpha value is -1.09. The topological polar surface area (TPSA) is 37.3 Å². The Labute approximate surface area is 130 Å². The monoisotopic (exact) mass is 312 g/mol. The molecular formula is C17H22ClFO2. The highest BCUT2D eigenvalue weighted by Gasteiger charge is 2.60. The lowest BCUT2D eigenvalue weighted by molar-refractivity contribution is -0.156. The van der Waals surface area contributed by atoms with Gasteiger partial charge < -0.3 is 5.11 Å². The highest BCUT2D eigenvalue weighted by Crippen LogP contribution is 2.61. The van der Waals surface area contributed by atoms with E-state index in [0.717, 1.165) is 25.7 Å². The standard InChI is InChI=1S/C17H22ClFO2/c1-3-8-16(9-4-2)10-17(11-16,15(20)21)14-12(18)6-5-7-13(14)19/h5-7H,3-4,8-11H2,1-2H3,(H,20,21). The van der Waals surface area contributed by atoms with Crippen LogP contribution in [0.15, 0.2) is 18.2 Å². The third-order valence-corrected chi connectivity index (χ3v) is 5.08. The number of carboxylic acid groups (broad SMARTS) is 1. The zero-order valence-electron chi connectivity index (χ0n) is 12.6. The van der Waals surface area contributed by atoms with Crippen LogP contribution in [0.1, 0.15) is 57.9 Å². The van der Waals surface area contributed by atoms with Crippen molar-refractivity contribution < 1.29 is 14.3 Å². The van der Waals surface area contributed by atoms with Crippen molar-refractivity contribution in [2.45, 2.75) is 57.8 Å². The van der Waals surface area contributed by atoms with Gasteiger partial charge in [0.1, 0.15) is 5.82 Å². The van der Waals surface area contributed by atoms with Crippen LogP contribution in [0.2, 0.25) is 5.02 Å². The number of carboxylic acids is 1. The van der Waals surface area contributed by atoms with Crippen molar-refractivity contribution in [3.8, 4) is 0 Å². The molecule has 0 atom stereocenters. The summed E-state index contributed by atoms with van der Waals surface area (Å²) in [6, 6.07) is 4.39. The lowest BCUT2D eigenvalue weighted by atomic mass is 9.48. The van der Waals surface area contributed by atoms with E-state index in [9.17, 15) is 14.3 Å². The first-order chi connectivity index (χ1) is 9.91. The minimum absolute atomic E-state index is 0.0213. The highest BCUT2D eigenvalue weighted by molar-refractivity contribution is 6.31. The number of rotatable bonds is 6. The largest absolute Gasteiger partial charge is 0.481 e. The van der Waals surface area contributed by atoms with Gasteiger partial charge in [-0.05, 0) is 43.2 Å². The summed E-state index contributed by atoms with van der Waals surface area (Å²) in [5.41, 5.74) is -0.970. The predicted octanol–water partition coefficient (Wildman–Crippen LogP) is 5.18. The lowest BCUT2D eigenvalue weighted by Gasteiger charge is -2.55. The summed E-state index contributed by atoms with van der Waals surface area (Å²) < 4.78 is 14.2. The summed E-state index contributed by atoms with van der Waals surface area (Å²) >= 11 is 6.11. The van der Waals surface area contributed by atoms with Gasteiger partial charge in [0.05, 0.1) is 5.41 Å². The van der Waals surface area contributed by atoms with Crippen molar-refractivity contribution >= 4 is 17.6 Å². The molecule has 1 saturated carbocycles. The summed E-state index contributed by atoms with van der Waals surface area (Å²) in [4.78, 5) is 11.9. The summed E-state index contributed by atoms with van der Waals surface area (Å²) in [7, 11) is 0. The van der Waals surface area contributed by atoms with Gasteiger partial charge in [-0.25, -0.2) is 4.39 Å². The molecule has 0 amide bonds. The number of hydrogen-bond donors (Lipinski definition) is 1. The minimum Gasteiger partial charge on any atom is -0.481 e. The average molecular weight is 313 g/mol. The van der Waals surface area contributed by atoms with Crippen molar-refractivity contribution in [3.05, 3.63) is 34.6 Å². The first-order valence-electron chi connectivity index (χ1n) is 7.59. The summed E-state index contributed by atoms with van der Waals surface area (Å²) in [5, 5.41) is 9.95. The van der Waals surface area contributed by atoms with Crippen LogP contribution in [-0.4, -0.2) is 11.1 Å². The van der Waals surface area contributed by atoms with Gasteiger partial charge in [0.25, 0.3) is 0 Å². The molecule has 0 aliphatic heterocycles. The fourth-order valence-corrected chi connectivity index (χ4v) is 4.50. The maximum atomic E-state index is 14.2. The van der Waals surface area contributed by atoms with E-state index in [4.69, 9.17) is 11.6 Å². The quantitative estimate of drug-likeness (QED) is 0.785. The summed E-state index contributed by atoms with van der Waals surface area (Å²) in [5.74, 6) is -1.47. The fourth-order valence-electron chi connectivity index (χ4n) is 4.16. The van der Waals surface area contributed by atoms with E-state index >= 15 is 0 Å². The van der Waals surface area contributed by atoms with Crippen molar-refractivity contribution in [2.24, 2.45) is 5.41 Å². The van der Waals surface area contributed by atoms with E-state index in [-0.39, 0.29) is 16.0 Å². The van der Waals surface area contributed by atoms with Gasteiger partial charge in [0.15, 0.2) is 0 Å². The van der Waals surface area contributed by atoms with Crippen LogP contribution < -0.4 is 0 Å². The molecule has 1 aromatic carbocycles. The van der Waals surface area contributed by atoms with Gasteiger partial charge in [0, 0.05) is 10.6 Å². The van der Waals surface area contributed by atoms with Gasteiger partial charge in [-0.3, -0.25) is 4.79 Å². The van der Waals surface area contributed by atoms with Crippen molar-refractivity contribution in [2.75, 3.05) is 0 Å². The molecule has 0 aromatic heterocycles. The Bertz CT molecular complexity index is 507. The molecule has 116 valence electrons. The van der Waals surface area contributed by atoms with Crippen LogP contribution in [0, 0.1) is 11.2 Å². The van der Waals surface area contributed by atoms with Crippen molar-refractivity contribution in [1.82, 2.24) is 0 Å². The average Bonchev–Trinajstić information content (AvgIpc) is 2.36. The molecule has 0 saturated heterocycles. The fraction of sp³-hybridized carbons (Fsp3) is 0.588. The molecule has 0 heterocycles. The molecular weight excluding hydrogens is 291 g/mol. The molecule has 0 bridgehead atoms. The maximum absolute atomic E-state index is 14.2. The van der Waals surface area contributed by atoms with Crippen LogP contribution in [0.3, 0.4) is 0 Å². The van der Waals surface area contributed by atoms with Crippen LogP contribution >= 0.6 is 11.6 Å². The molecule has 0 unspecified atom stereocenters. The number of aliphatic carboxylic acids is 1. The first kappa shape index (κ1) is 16.3. The SMILES string of the molecule is CCCC1(CCC)CC(C(=O)O)(c2c(F)cccc2Cl)C1. The maximum Gasteiger partial charge on any atom is 0.314 e. The number of carbonyl (C=O) groups is 1. The van der Waals surface area contributed by atoms with E-state index in [2.05, 4.69) is 13.8 Å². The second-order valence-electron chi connectivity index (χ2n) is 6.34. The van der Waals surface area contributed by atoms with Gasteiger partial charge in [-0.15, -0.1) is 0 Å². The predicted molar refractivity (Wildman–Crippen MR) is 82.2 cm³/mol. The Morgan fingerprint density at radius 1 is 1.29 bits per heavy atom. The van der Waals surface area contributed by atoms with Crippen LogP contribution in [-0.2, 0) is 10.2 Å². The number of halogens is 2. The molecule has 1 N–H and O–H groups in total. The molecule has 2 nitrogen and oxygen atoms in total. The van der Waals surface area contributed by atoms with Gasteiger partial charge in [-0.1, -0.05) is 44.4 Å². The van der Waals surface area contributed by atoms with Crippen LogP contribution in [0.4, 0.5) is 4.39 Å². The van der Waals surface area contributed by atoms with E-state index in [0.29, 0.717) is 12.8 Å². The second kappa shape index (κ2) is 5.96. The van der Waals surface area contributed by atoms with E-state index in [1.807, 2.05) is 0 Å². The smallest absolute Gasteiger partial charge is 0.314 e. The zero-order valence-corrected chi connectivity index (χ0v) is 13.3. The van der Waals surface area contributed by atoms with Crippen LogP contribution in [0.25, 0.3) is 0 Å². The second-order valence-corrected chi connectivity index (χ2v) is 6.74. The van der Waals surface area contributed by atoms with Gasteiger partial charge >= 0.3 is 5.97 Å². The third-order valence-electron chi connectivity index (χ3n) is 4.76. The zero-order chi connectivity index (χ0) is 15.7. The third kappa shape index (κ3) is 2.68. The summed E-state index contributed by atoms with van der Waals surface area (Å²) in [6.45, 7) is 4.21. The number of benzene rings is 1. The van der Waals surface area contributed by atoms with E-state index in [1.54, 1.807) is 6.07 Å². The molecule has 21 heavy (non-hydrogen) atoms. The molecule has 4 heteroatoms. The molecule has 1 aromatic rings. The normalized spacial score (nSPS) is 19.0. The Morgan fingerprint density at radius 3 is 2.29 bits per heavy atom. The molecule has 2 rings (SSSR count). The Morgan fingerprint density at radius 2 is 1.86 bits per heavy atom. The highest BCUT2D eigenvalue weighted by atomic mass is 35.5. The van der Waals surface area contributed by atoms with Crippen molar-refractivity contribution in [3.63, 3.8) is 0 Å². The van der Waals surface area contributed by atoms with Gasteiger partial charge in [0.2, 0.25) is 0 Å². The molecule has 0 spiro atoms. The number of hydrogen-bond acceptors (Lipinski definition) is 1. The molecule has 1 aliphatic rings. The molecule has 0 radical (unpaired) electrons. The van der Waals surface area contributed by atoms with Gasteiger partial charge in [-0.2, -0.15) is 0 Å². The Balaban J connectivity index is 2.41. The Kier molecular flexibility index (Phi) is 4.62. The van der Waals surface area contributed by atoms with E-state index in [1.165, 1.54) is 12.1 Å². The lowest BCUT2D eigenvalue weighted by Crippen LogP contribution is -2.55. The molecule has 1 aliphatic carbocycles.